The smallest absolute Gasteiger partial charge is 0.212 e. The van der Waals surface area contributed by atoms with Gasteiger partial charge in [0, 0.05) is 62.0 Å². The Morgan fingerprint density at radius 1 is 1.26 bits per heavy atom. The van der Waals surface area contributed by atoms with E-state index >= 15 is 0 Å². The molecule has 1 fully saturated rings. The lowest BCUT2D eigenvalue weighted by Gasteiger charge is -2.30. The van der Waals surface area contributed by atoms with Crippen molar-refractivity contribution in [2.24, 2.45) is 4.99 Å². The standard InChI is InChI=1S/C28H34N4O2/c1-5-23(20-29-3)7-6-14-30-22(2)25-11-12-27(32-15-17-34-18-16-32)26(19-25)10-8-24-9-13-28(33-4)31-21-24/h5,9,11-13,19-21,30H,2,6-7,14-18H2,1,3-4H3/b23-5-,29-20-. The Bertz CT molecular complexity index is 1070. The highest BCUT2D eigenvalue weighted by molar-refractivity contribution is 5.78. The lowest BCUT2D eigenvalue weighted by Crippen LogP contribution is -2.36. The van der Waals surface area contributed by atoms with Crippen LogP contribution in [-0.4, -0.2) is 58.2 Å². The molecule has 178 valence electrons. The number of anilines is 1. The minimum absolute atomic E-state index is 0.576. The number of ether oxygens (including phenoxy) is 2. The molecule has 0 unspecified atom stereocenters. The number of nitrogens with zero attached hydrogens (tertiary/aromatic N) is 3. The SMILES string of the molecule is C=C(NCCCC(/C=N\C)=C/C)c1ccc(N2CCOCC2)c(C#Cc2ccc(OC)nc2)c1. The van der Waals surface area contributed by atoms with E-state index in [0.29, 0.717) is 5.88 Å². The van der Waals surface area contributed by atoms with Crippen LogP contribution in [0.1, 0.15) is 36.5 Å². The van der Waals surface area contributed by atoms with Crippen LogP contribution in [0.25, 0.3) is 5.70 Å². The molecule has 1 aliphatic rings. The molecular formula is C28H34N4O2. The highest BCUT2D eigenvalue weighted by Crippen LogP contribution is 2.25. The Kier molecular flexibility index (Phi) is 9.75. The maximum absolute atomic E-state index is 5.54. The summed E-state index contributed by atoms with van der Waals surface area (Å²) in [4.78, 5) is 10.7. The molecule has 0 amide bonds. The molecule has 1 aromatic carbocycles. The summed E-state index contributed by atoms with van der Waals surface area (Å²) in [6.45, 7) is 10.3. The predicted octanol–water partition coefficient (Wildman–Crippen LogP) is 4.31. The van der Waals surface area contributed by atoms with E-state index in [1.807, 2.05) is 25.3 Å². The van der Waals surface area contributed by atoms with Crippen molar-refractivity contribution in [1.82, 2.24) is 10.3 Å². The third-order valence-corrected chi connectivity index (χ3v) is 5.63. The zero-order valence-corrected chi connectivity index (χ0v) is 20.4. The number of hydrogen-bond acceptors (Lipinski definition) is 6. The molecule has 1 N–H and O–H groups in total. The number of morpholine rings is 1. The van der Waals surface area contributed by atoms with E-state index in [1.54, 1.807) is 20.4 Å². The third-order valence-electron chi connectivity index (χ3n) is 5.63. The third kappa shape index (κ3) is 7.23. The van der Waals surface area contributed by atoms with E-state index in [1.165, 1.54) is 5.57 Å². The summed E-state index contributed by atoms with van der Waals surface area (Å²) in [7, 11) is 3.41. The van der Waals surface area contributed by atoms with Crippen molar-refractivity contribution in [3.8, 4) is 17.7 Å². The highest BCUT2D eigenvalue weighted by Gasteiger charge is 2.15. The summed E-state index contributed by atoms with van der Waals surface area (Å²) in [6, 6.07) is 10.1. The minimum atomic E-state index is 0.576. The van der Waals surface area contributed by atoms with Gasteiger partial charge in [-0.3, -0.25) is 4.99 Å². The molecule has 0 radical (unpaired) electrons. The lowest BCUT2D eigenvalue weighted by atomic mass is 10.0. The van der Waals surface area contributed by atoms with E-state index in [9.17, 15) is 0 Å². The van der Waals surface area contributed by atoms with E-state index in [4.69, 9.17) is 9.47 Å². The molecule has 0 bridgehead atoms. The fourth-order valence-electron chi connectivity index (χ4n) is 3.70. The van der Waals surface area contributed by atoms with Gasteiger partial charge in [-0.05, 0) is 49.1 Å². The van der Waals surface area contributed by atoms with Crippen LogP contribution in [0.5, 0.6) is 5.88 Å². The number of benzene rings is 1. The van der Waals surface area contributed by atoms with Crippen LogP contribution in [-0.2, 0) is 4.74 Å². The highest BCUT2D eigenvalue weighted by atomic mass is 16.5. The van der Waals surface area contributed by atoms with Gasteiger partial charge >= 0.3 is 0 Å². The van der Waals surface area contributed by atoms with Gasteiger partial charge in [0.15, 0.2) is 0 Å². The van der Waals surface area contributed by atoms with Gasteiger partial charge in [0.1, 0.15) is 0 Å². The van der Waals surface area contributed by atoms with Gasteiger partial charge in [-0.1, -0.05) is 30.6 Å². The molecule has 1 aromatic heterocycles. The molecule has 6 heteroatoms. The number of nitrogens with one attached hydrogen (secondary N) is 1. The minimum Gasteiger partial charge on any atom is -0.481 e. The largest absolute Gasteiger partial charge is 0.481 e. The van der Waals surface area contributed by atoms with Crippen molar-refractivity contribution in [3.05, 3.63) is 71.4 Å². The first-order valence-electron chi connectivity index (χ1n) is 11.6. The molecule has 0 atom stereocenters. The average molecular weight is 459 g/mol. The maximum Gasteiger partial charge on any atom is 0.212 e. The summed E-state index contributed by atoms with van der Waals surface area (Å²) in [5.74, 6) is 7.18. The number of rotatable bonds is 9. The molecule has 2 heterocycles. The lowest BCUT2D eigenvalue weighted by molar-refractivity contribution is 0.122. The Labute approximate surface area is 203 Å². The van der Waals surface area contributed by atoms with Crippen LogP contribution >= 0.6 is 0 Å². The van der Waals surface area contributed by atoms with E-state index in [-0.39, 0.29) is 0 Å². The van der Waals surface area contributed by atoms with Crippen molar-refractivity contribution in [1.29, 1.82) is 0 Å². The molecule has 3 rings (SSSR count). The number of aromatic nitrogens is 1. The average Bonchev–Trinajstić information content (AvgIpc) is 2.89. The van der Waals surface area contributed by atoms with Gasteiger partial charge in [0.2, 0.25) is 5.88 Å². The van der Waals surface area contributed by atoms with E-state index < -0.39 is 0 Å². The van der Waals surface area contributed by atoms with Crippen molar-refractivity contribution < 1.29 is 9.47 Å². The van der Waals surface area contributed by atoms with Gasteiger partial charge in [-0.15, -0.1) is 0 Å². The Balaban J connectivity index is 1.75. The molecule has 1 aliphatic heterocycles. The number of hydrogen-bond donors (Lipinski definition) is 1. The second-order valence-corrected chi connectivity index (χ2v) is 7.93. The fourth-order valence-corrected chi connectivity index (χ4v) is 3.70. The molecule has 1 saturated heterocycles. The van der Waals surface area contributed by atoms with Crippen LogP contribution in [0.4, 0.5) is 5.69 Å². The molecule has 0 aliphatic carbocycles. The zero-order valence-electron chi connectivity index (χ0n) is 20.4. The van der Waals surface area contributed by atoms with Gasteiger partial charge in [0.05, 0.1) is 26.0 Å². The topological polar surface area (TPSA) is 59.0 Å². The Morgan fingerprint density at radius 3 is 2.76 bits per heavy atom. The van der Waals surface area contributed by atoms with Crippen LogP contribution in [0.15, 0.2) is 59.7 Å². The monoisotopic (exact) mass is 458 g/mol. The van der Waals surface area contributed by atoms with Crippen molar-refractivity contribution in [2.45, 2.75) is 19.8 Å². The van der Waals surface area contributed by atoms with Crippen LogP contribution in [0.3, 0.4) is 0 Å². The maximum atomic E-state index is 5.54. The quantitative estimate of drug-likeness (QED) is 0.345. The van der Waals surface area contributed by atoms with E-state index in [2.05, 4.69) is 62.9 Å². The van der Waals surface area contributed by atoms with Gasteiger partial charge < -0.3 is 19.7 Å². The number of allylic oxidation sites excluding steroid dienone is 2. The zero-order chi connectivity index (χ0) is 24.2. The molecule has 0 saturated carbocycles. The molecule has 0 spiro atoms. The first-order valence-corrected chi connectivity index (χ1v) is 11.6. The summed E-state index contributed by atoms with van der Waals surface area (Å²) in [5, 5.41) is 3.46. The second kappa shape index (κ2) is 13.2. The second-order valence-electron chi connectivity index (χ2n) is 7.93. The number of methoxy groups -OCH3 is 1. The van der Waals surface area contributed by atoms with Crippen LogP contribution in [0, 0.1) is 11.8 Å². The summed E-state index contributed by atoms with van der Waals surface area (Å²) < 4.78 is 10.7. The van der Waals surface area contributed by atoms with Crippen molar-refractivity contribution in [3.63, 3.8) is 0 Å². The fraction of sp³-hybridized carbons (Fsp3) is 0.357. The van der Waals surface area contributed by atoms with Gasteiger partial charge in [-0.25, -0.2) is 4.98 Å². The first-order chi connectivity index (χ1) is 16.6. The Morgan fingerprint density at radius 2 is 2.09 bits per heavy atom. The predicted molar refractivity (Wildman–Crippen MR) is 141 cm³/mol. The number of pyridine rings is 1. The normalized spacial score (nSPS) is 14.0. The van der Waals surface area contributed by atoms with Crippen LogP contribution in [0.2, 0.25) is 0 Å². The van der Waals surface area contributed by atoms with Crippen molar-refractivity contribution in [2.75, 3.05) is 51.9 Å². The summed E-state index contributed by atoms with van der Waals surface area (Å²) in [5.41, 5.74) is 6.10. The molecule has 6 nitrogen and oxygen atoms in total. The van der Waals surface area contributed by atoms with Crippen LogP contribution < -0.4 is 15.0 Å². The van der Waals surface area contributed by atoms with Gasteiger partial charge in [0.25, 0.3) is 0 Å². The summed E-state index contributed by atoms with van der Waals surface area (Å²) >= 11 is 0. The van der Waals surface area contributed by atoms with E-state index in [0.717, 1.165) is 73.8 Å². The van der Waals surface area contributed by atoms with Crippen molar-refractivity contribution >= 4 is 17.6 Å². The molecular weight excluding hydrogens is 424 g/mol. The first kappa shape index (κ1) is 25.1. The van der Waals surface area contributed by atoms with Gasteiger partial charge in [-0.2, -0.15) is 0 Å². The summed E-state index contributed by atoms with van der Waals surface area (Å²) in [6.07, 6.45) is 7.75. The number of aliphatic imine (C=N–C) groups is 1. The molecule has 2 aromatic rings. The Hall–Kier alpha value is -3.56. The molecule has 34 heavy (non-hydrogen) atoms.